The summed E-state index contributed by atoms with van der Waals surface area (Å²) in [6.07, 6.45) is 8.56. The van der Waals surface area contributed by atoms with Crippen LogP contribution in [-0.4, -0.2) is 5.60 Å². The average molecular weight is 399 g/mol. The van der Waals surface area contributed by atoms with Crippen LogP contribution < -0.4 is 9.30 Å². The molecule has 154 valence electrons. The summed E-state index contributed by atoms with van der Waals surface area (Å²) in [6, 6.07) is 20.1. The largest absolute Gasteiger partial charge is 0.487 e. The van der Waals surface area contributed by atoms with Crippen LogP contribution in [0.3, 0.4) is 0 Å². The Morgan fingerprint density at radius 3 is 2.37 bits per heavy atom. The van der Waals surface area contributed by atoms with E-state index in [2.05, 4.69) is 93.2 Å². The van der Waals surface area contributed by atoms with Gasteiger partial charge in [-0.1, -0.05) is 43.5 Å². The third kappa shape index (κ3) is 2.88. The number of benzene rings is 2. The van der Waals surface area contributed by atoms with E-state index in [1.807, 2.05) is 0 Å². The van der Waals surface area contributed by atoms with Crippen molar-refractivity contribution in [3.63, 3.8) is 0 Å². The van der Waals surface area contributed by atoms with Crippen molar-refractivity contribution in [1.82, 2.24) is 0 Å². The van der Waals surface area contributed by atoms with Crippen LogP contribution in [0.5, 0.6) is 5.75 Å². The molecule has 0 bridgehead atoms. The first-order chi connectivity index (χ1) is 14.4. The summed E-state index contributed by atoms with van der Waals surface area (Å²) >= 11 is 0. The fourth-order valence-corrected chi connectivity index (χ4v) is 5.79. The van der Waals surface area contributed by atoms with Gasteiger partial charge in [-0.25, -0.2) is 4.57 Å². The summed E-state index contributed by atoms with van der Waals surface area (Å²) in [5, 5.41) is 0. The molecule has 0 radical (unpaired) electrons. The van der Waals surface area contributed by atoms with Crippen LogP contribution in [0.2, 0.25) is 0 Å². The molecule has 30 heavy (non-hydrogen) atoms. The van der Waals surface area contributed by atoms with Gasteiger partial charge < -0.3 is 4.74 Å². The van der Waals surface area contributed by atoms with Crippen LogP contribution in [0, 0.1) is 6.92 Å². The van der Waals surface area contributed by atoms with Gasteiger partial charge in [0.25, 0.3) is 0 Å². The van der Waals surface area contributed by atoms with E-state index >= 15 is 0 Å². The van der Waals surface area contributed by atoms with Gasteiger partial charge in [0.2, 0.25) is 5.69 Å². The quantitative estimate of drug-likeness (QED) is 0.448. The minimum absolute atomic E-state index is 0.134. The summed E-state index contributed by atoms with van der Waals surface area (Å²) < 4.78 is 8.79. The molecule has 1 aliphatic heterocycles. The van der Waals surface area contributed by atoms with Gasteiger partial charge in [-0.15, -0.1) is 0 Å². The Morgan fingerprint density at radius 2 is 1.60 bits per heavy atom. The normalized spacial score (nSPS) is 18.8. The van der Waals surface area contributed by atoms with Crippen molar-refractivity contribution in [2.24, 2.45) is 7.05 Å². The van der Waals surface area contributed by atoms with Gasteiger partial charge in [0.15, 0.2) is 6.20 Å². The lowest BCUT2D eigenvalue weighted by Crippen LogP contribution is -2.47. The Balaban J connectivity index is 1.58. The predicted octanol–water partition coefficient (Wildman–Crippen LogP) is 6.53. The average Bonchev–Trinajstić information content (AvgIpc) is 2.95. The molecule has 0 saturated heterocycles. The summed E-state index contributed by atoms with van der Waals surface area (Å²) in [6.45, 7) is 6.77. The molecule has 0 amide bonds. The number of pyridine rings is 1. The Bertz CT molecular complexity index is 1110. The molecule has 1 fully saturated rings. The monoisotopic (exact) mass is 398 g/mol. The van der Waals surface area contributed by atoms with Crippen molar-refractivity contribution in [1.29, 1.82) is 0 Å². The van der Waals surface area contributed by atoms with Gasteiger partial charge >= 0.3 is 0 Å². The smallest absolute Gasteiger partial charge is 0.212 e. The van der Waals surface area contributed by atoms with Gasteiger partial charge in [0.1, 0.15) is 18.4 Å². The number of ether oxygens (including phenoxy) is 1. The van der Waals surface area contributed by atoms with Crippen molar-refractivity contribution in [2.75, 3.05) is 0 Å². The van der Waals surface area contributed by atoms with E-state index in [1.54, 1.807) is 0 Å². The van der Waals surface area contributed by atoms with Crippen molar-refractivity contribution < 1.29 is 9.30 Å². The molecule has 2 heteroatoms. The van der Waals surface area contributed by atoms with E-state index in [9.17, 15) is 0 Å². The van der Waals surface area contributed by atoms with Gasteiger partial charge in [-0.05, 0) is 68.5 Å². The van der Waals surface area contributed by atoms with Crippen LogP contribution in [-0.2, 0) is 12.5 Å². The minimum Gasteiger partial charge on any atom is -0.487 e. The van der Waals surface area contributed by atoms with Gasteiger partial charge in [0.05, 0.1) is 0 Å². The summed E-state index contributed by atoms with van der Waals surface area (Å²) in [5.41, 5.74) is 7.75. The lowest BCUT2D eigenvalue weighted by Gasteiger charge is -2.43. The Hall–Kier alpha value is -2.61. The van der Waals surface area contributed by atoms with E-state index in [-0.39, 0.29) is 11.0 Å². The minimum atomic E-state index is -0.134. The molecule has 1 saturated carbocycles. The van der Waals surface area contributed by atoms with E-state index in [4.69, 9.17) is 4.74 Å². The highest BCUT2D eigenvalue weighted by molar-refractivity contribution is 5.74. The zero-order chi connectivity index (χ0) is 20.9. The number of rotatable bonds is 2. The molecule has 0 atom stereocenters. The van der Waals surface area contributed by atoms with Crippen LogP contribution in [0.15, 0.2) is 60.8 Å². The van der Waals surface area contributed by atoms with Gasteiger partial charge in [-0.3, -0.25) is 0 Å². The number of aromatic nitrogens is 1. The topological polar surface area (TPSA) is 13.1 Å². The van der Waals surface area contributed by atoms with Crippen molar-refractivity contribution >= 4 is 0 Å². The molecule has 2 heterocycles. The highest BCUT2D eigenvalue weighted by Gasteiger charge is 2.54. The Labute approximate surface area is 180 Å². The molecule has 0 N–H and O–H groups in total. The third-order valence-electron chi connectivity index (χ3n) is 7.62. The molecule has 3 aromatic rings. The number of hydrogen-bond acceptors (Lipinski definition) is 1. The number of hydrogen-bond donors (Lipinski definition) is 0. The van der Waals surface area contributed by atoms with Crippen molar-refractivity contribution in [3.8, 4) is 28.1 Å². The molecular weight excluding hydrogens is 366 g/mol. The van der Waals surface area contributed by atoms with Crippen molar-refractivity contribution in [2.45, 2.75) is 63.9 Å². The molecule has 2 aromatic carbocycles. The second-order valence-corrected chi connectivity index (χ2v) is 9.69. The molecule has 1 spiro atoms. The first-order valence-electron chi connectivity index (χ1n) is 11.3. The highest BCUT2D eigenvalue weighted by atomic mass is 16.5. The highest BCUT2D eigenvalue weighted by Crippen LogP contribution is 2.56. The molecule has 5 rings (SSSR count). The van der Waals surface area contributed by atoms with Crippen LogP contribution in [0.25, 0.3) is 22.4 Å². The van der Waals surface area contributed by atoms with Gasteiger partial charge in [-0.2, -0.15) is 0 Å². The fraction of sp³-hybridized carbons (Fsp3) is 0.393. The zero-order valence-electron chi connectivity index (χ0n) is 18.7. The zero-order valence-corrected chi connectivity index (χ0v) is 18.7. The SMILES string of the molecule is Cc1ccc(-c2ccc3c(c2)OC(C)(C)C32CCCCC2)cc1-c1cccc[n+]1C. The lowest BCUT2D eigenvalue weighted by molar-refractivity contribution is -0.660. The fourth-order valence-electron chi connectivity index (χ4n) is 5.79. The van der Waals surface area contributed by atoms with Crippen LogP contribution in [0.4, 0.5) is 0 Å². The van der Waals surface area contributed by atoms with E-state index in [1.165, 1.54) is 65.6 Å². The summed E-state index contributed by atoms with van der Waals surface area (Å²) in [7, 11) is 2.11. The Kier molecular flexibility index (Phi) is 4.50. The van der Waals surface area contributed by atoms with Crippen molar-refractivity contribution in [3.05, 3.63) is 71.9 Å². The molecular formula is C28H32NO+. The molecule has 0 unspecified atom stereocenters. The molecule has 2 nitrogen and oxygen atoms in total. The van der Waals surface area contributed by atoms with Gasteiger partial charge in [0, 0.05) is 28.7 Å². The standard InChI is InChI=1S/C28H32NO/c1-20-11-12-21(18-23(20)25-10-6-9-17-29(25)4)22-13-14-24-26(19-22)30-27(2,3)28(24)15-7-5-8-16-28/h6,9-14,17-19H,5,7-8,15-16H2,1-4H3/q+1. The number of nitrogens with zero attached hydrogens (tertiary/aromatic N) is 1. The second-order valence-electron chi connectivity index (χ2n) is 9.69. The Morgan fingerprint density at radius 1 is 0.867 bits per heavy atom. The first kappa shape index (κ1) is 19.4. The number of fused-ring (bicyclic) bond motifs is 2. The number of aryl methyl sites for hydroxylation is 2. The maximum absolute atomic E-state index is 6.60. The molecule has 1 aliphatic carbocycles. The maximum atomic E-state index is 6.60. The molecule has 1 aromatic heterocycles. The van der Waals surface area contributed by atoms with Crippen LogP contribution in [0.1, 0.15) is 57.1 Å². The molecule has 2 aliphatic rings. The third-order valence-corrected chi connectivity index (χ3v) is 7.62. The lowest BCUT2D eigenvalue weighted by atomic mass is 9.62. The summed E-state index contributed by atoms with van der Waals surface area (Å²) in [5.74, 6) is 1.09. The predicted molar refractivity (Wildman–Crippen MR) is 123 cm³/mol. The summed E-state index contributed by atoms with van der Waals surface area (Å²) in [4.78, 5) is 0. The van der Waals surface area contributed by atoms with E-state index in [0.29, 0.717) is 0 Å². The van der Waals surface area contributed by atoms with E-state index in [0.717, 1.165) is 5.75 Å². The maximum Gasteiger partial charge on any atom is 0.212 e. The first-order valence-corrected chi connectivity index (χ1v) is 11.3. The van der Waals surface area contributed by atoms with E-state index < -0.39 is 0 Å². The van der Waals surface area contributed by atoms with Crippen LogP contribution >= 0.6 is 0 Å². The second kappa shape index (κ2) is 6.97.